The van der Waals surface area contributed by atoms with E-state index in [1.165, 1.54) is 0 Å². The second-order valence-electron chi connectivity index (χ2n) is 4.88. The van der Waals surface area contributed by atoms with Crippen molar-refractivity contribution < 1.29 is 4.74 Å². The maximum Gasteiger partial charge on any atom is 0.223 e. The van der Waals surface area contributed by atoms with Crippen molar-refractivity contribution in [2.75, 3.05) is 19.7 Å². The molecule has 4 nitrogen and oxygen atoms in total. The van der Waals surface area contributed by atoms with Gasteiger partial charge in [0.05, 0.1) is 12.8 Å². The molecule has 1 unspecified atom stereocenters. The number of hydrogen-bond acceptors (Lipinski definition) is 3. The molecule has 1 aliphatic heterocycles. The summed E-state index contributed by atoms with van der Waals surface area (Å²) in [6.07, 6.45) is 4.73. The molecular weight excluding hydrogens is 216 g/mol. The van der Waals surface area contributed by atoms with Gasteiger partial charge in [-0.3, -0.25) is 4.79 Å². The van der Waals surface area contributed by atoms with E-state index in [-0.39, 0.29) is 5.43 Å². The van der Waals surface area contributed by atoms with E-state index in [1.807, 2.05) is 4.57 Å². The summed E-state index contributed by atoms with van der Waals surface area (Å²) in [7, 11) is 0. The molecule has 0 amide bonds. The standard InChI is InChI=1S/C13H20N2O2/c1-10(2)15-6-4-12(16)13(8-15)17-9-11-3-5-14-7-11/h4,6,8,10-11,14H,3,5,7,9H2,1-2H3. The first-order chi connectivity index (χ1) is 8.16. The summed E-state index contributed by atoms with van der Waals surface area (Å²) in [6.45, 7) is 6.83. The quantitative estimate of drug-likeness (QED) is 0.859. The van der Waals surface area contributed by atoms with E-state index in [0.717, 1.165) is 19.5 Å². The van der Waals surface area contributed by atoms with Crippen LogP contribution in [-0.4, -0.2) is 24.3 Å². The molecule has 0 aliphatic carbocycles. The average Bonchev–Trinajstić information content (AvgIpc) is 2.80. The lowest BCUT2D eigenvalue weighted by molar-refractivity contribution is 0.255. The Hall–Kier alpha value is -1.29. The fourth-order valence-corrected chi connectivity index (χ4v) is 1.97. The van der Waals surface area contributed by atoms with E-state index < -0.39 is 0 Å². The molecule has 1 N–H and O–H groups in total. The van der Waals surface area contributed by atoms with Crippen molar-refractivity contribution in [3.8, 4) is 5.75 Å². The molecule has 1 atom stereocenters. The monoisotopic (exact) mass is 236 g/mol. The normalized spacial score (nSPS) is 19.8. The zero-order valence-electron chi connectivity index (χ0n) is 10.5. The smallest absolute Gasteiger partial charge is 0.223 e. The van der Waals surface area contributed by atoms with E-state index in [0.29, 0.717) is 24.3 Å². The van der Waals surface area contributed by atoms with Crippen LogP contribution in [0.3, 0.4) is 0 Å². The minimum atomic E-state index is -0.0344. The highest BCUT2D eigenvalue weighted by Crippen LogP contribution is 2.12. The van der Waals surface area contributed by atoms with Gasteiger partial charge in [0, 0.05) is 30.8 Å². The number of hydrogen-bond donors (Lipinski definition) is 1. The van der Waals surface area contributed by atoms with E-state index in [9.17, 15) is 4.79 Å². The lowest BCUT2D eigenvalue weighted by atomic mass is 10.1. The highest BCUT2D eigenvalue weighted by Gasteiger charge is 2.15. The van der Waals surface area contributed by atoms with Crippen molar-refractivity contribution >= 4 is 0 Å². The molecule has 1 aromatic rings. The lowest BCUT2D eigenvalue weighted by Gasteiger charge is -2.14. The third kappa shape index (κ3) is 3.09. The Morgan fingerprint density at radius 2 is 2.41 bits per heavy atom. The Labute approximate surface area is 102 Å². The van der Waals surface area contributed by atoms with Crippen LogP contribution in [0.1, 0.15) is 26.3 Å². The van der Waals surface area contributed by atoms with Gasteiger partial charge in [-0.2, -0.15) is 0 Å². The predicted octanol–water partition coefficient (Wildman–Crippen LogP) is 1.42. The minimum absolute atomic E-state index is 0.0344. The van der Waals surface area contributed by atoms with Gasteiger partial charge in [0.1, 0.15) is 0 Å². The number of pyridine rings is 1. The molecular formula is C13H20N2O2. The summed E-state index contributed by atoms with van der Waals surface area (Å²) in [5.41, 5.74) is -0.0344. The fraction of sp³-hybridized carbons (Fsp3) is 0.615. The van der Waals surface area contributed by atoms with E-state index in [4.69, 9.17) is 4.74 Å². The predicted molar refractivity (Wildman–Crippen MR) is 67.6 cm³/mol. The van der Waals surface area contributed by atoms with Crippen LogP contribution in [0.25, 0.3) is 0 Å². The second kappa shape index (κ2) is 5.36. The maximum atomic E-state index is 11.6. The Kier molecular flexibility index (Phi) is 3.84. The highest BCUT2D eigenvalue weighted by molar-refractivity contribution is 5.17. The second-order valence-corrected chi connectivity index (χ2v) is 4.88. The van der Waals surface area contributed by atoms with Crippen molar-refractivity contribution in [1.82, 2.24) is 9.88 Å². The summed E-state index contributed by atoms with van der Waals surface area (Å²) in [4.78, 5) is 11.6. The molecule has 2 rings (SSSR count). The Balaban J connectivity index is 2.03. The zero-order valence-corrected chi connectivity index (χ0v) is 10.5. The fourth-order valence-electron chi connectivity index (χ4n) is 1.97. The average molecular weight is 236 g/mol. The van der Waals surface area contributed by atoms with Crippen LogP contribution in [0, 0.1) is 5.92 Å². The molecule has 17 heavy (non-hydrogen) atoms. The van der Waals surface area contributed by atoms with Crippen LogP contribution < -0.4 is 15.5 Å². The van der Waals surface area contributed by atoms with Crippen LogP contribution in [0.2, 0.25) is 0 Å². The number of rotatable bonds is 4. The number of nitrogens with zero attached hydrogens (tertiary/aromatic N) is 1. The van der Waals surface area contributed by atoms with Gasteiger partial charge < -0.3 is 14.6 Å². The first-order valence-corrected chi connectivity index (χ1v) is 6.22. The van der Waals surface area contributed by atoms with E-state index in [2.05, 4.69) is 19.2 Å². The molecule has 1 aromatic heterocycles. The molecule has 1 aliphatic rings. The van der Waals surface area contributed by atoms with Gasteiger partial charge in [-0.25, -0.2) is 0 Å². The summed E-state index contributed by atoms with van der Waals surface area (Å²) in [5.74, 6) is 0.996. The van der Waals surface area contributed by atoms with Gasteiger partial charge in [-0.15, -0.1) is 0 Å². The molecule has 4 heteroatoms. The van der Waals surface area contributed by atoms with Crippen LogP contribution in [-0.2, 0) is 0 Å². The molecule has 0 saturated carbocycles. The Bertz CT molecular complexity index is 420. The van der Waals surface area contributed by atoms with Crippen molar-refractivity contribution in [3.05, 3.63) is 28.7 Å². The van der Waals surface area contributed by atoms with E-state index >= 15 is 0 Å². The first-order valence-electron chi connectivity index (χ1n) is 6.22. The maximum absolute atomic E-state index is 11.6. The van der Waals surface area contributed by atoms with Crippen molar-refractivity contribution in [2.24, 2.45) is 5.92 Å². The van der Waals surface area contributed by atoms with Gasteiger partial charge in [0.25, 0.3) is 0 Å². The van der Waals surface area contributed by atoms with Gasteiger partial charge in [-0.1, -0.05) is 0 Å². The van der Waals surface area contributed by atoms with Crippen LogP contribution in [0.4, 0.5) is 0 Å². The molecule has 1 saturated heterocycles. The molecule has 94 valence electrons. The number of aromatic nitrogens is 1. The largest absolute Gasteiger partial charge is 0.488 e. The topological polar surface area (TPSA) is 43.3 Å². The third-order valence-corrected chi connectivity index (χ3v) is 3.14. The summed E-state index contributed by atoms with van der Waals surface area (Å²) < 4.78 is 7.63. The summed E-state index contributed by atoms with van der Waals surface area (Å²) in [6, 6.07) is 1.91. The molecule has 0 bridgehead atoms. The van der Waals surface area contributed by atoms with Crippen LogP contribution in [0.5, 0.6) is 5.75 Å². The van der Waals surface area contributed by atoms with Crippen LogP contribution >= 0.6 is 0 Å². The lowest BCUT2D eigenvalue weighted by Crippen LogP contribution is -2.19. The van der Waals surface area contributed by atoms with Crippen LogP contribution in [0.15, 0.2) is 23.3 Å². The van der Waals surface area contributed by atoms with Gasteiger partial charge in [-0.05, 0) is 26.8 Å². The minimum Gasteiger partial charge on any atom is -0.488 e. The van der Waals surface area contributed by atoms with Crippen molar-refractivity contribution in [2.45, 2.75) is 26.3 Å². The van der Waals surface area contributed by atoms with E-state index in [1.54, 1.807) is 18.5 Å². The third-order valence-electron chi connectivity index (χ3n) is 3.14. The van der Waals surface area contributed by atoms with Crippen molar-refractivity contribution in [1.29, 1.82) is 0 Å². The first kappa shape index (κ1) is 12.2. The summed E-state index contributed by atoms with van der Waals surface area (Å²) >= 11 is 0. The number of ether oxygens (including phenoxy) is 1. The van der Waals surface area contributed by atoms with Gasteiger partial charge in [0.15, 0.2) is 5.75 Å². The highest BCUT2D eigenvalue weighted by atomic mass is 16.5. The van der Waals surface area contributed by atoms with Crippen molar-refractivity contribution in [3.63, 3.8) is 0 Å². The molecule has 0 spiro atoms. The summed E-state index contributed by atoms with van der Waals surface area (Å²) in [5, 5.41) is 3.29. The molecule has 1 fully saturated rings. The SMILES string of the molecule is CC(C)n1ccc(=O)c(OCC2CCNC2)c1. The molecule has 0 aromatic carbocycles. The van der Waals surface area contributed by atoms with Gasteiger partial charge >= 0.3 is 0 Å². The molecule has 0 radical (unpaired) electrons. The molecule has 2 heterocycles. The van der Waals surface area contributed by atoms with Gasteiger partial charge in [0.2, 0.25) is 5.43 Å². The zero-order chi connectivity index (χ0) is 12.3. The Morgan fingerprint density at radius 3 is 3.06 bits per heavy atom. The number of nitrogens with one attached hydrogen (secondary N) is 1. The Morgan fingerprint density at radius 1 is 1.59 bits per heavy atom.